The molecule has 2 aromatic carbocycles. The fourth-order valence-electron chi connectivity index (χ4n) is 5.67. The number of amides is 1. The molecule has 4 heterocycles. The third-order valence-corrected chi connectivity index (χ3v) is 8.34. The first-order valence-corrected chi connectivity index (χ1v) is 15.8. The van der Waals surface area contributed by atoms with Crippen molar-refractivity contribution in [3.8, 4) is 52.1 Å². The van der Waals surface area contributed by atoms with E-state index in [1.165, 1.54) is 0 Å². The molecule has 0 aliphatic carbocycles. The van der Waals surface area contributed by atoms with Gasteiger partial charge in [-0.05, 0) is 49.2 Å². The Bertz CT molecular complexity index is 2210. The summed E-state index contributed by atoms with van der Waals surface area (Å²) in [5.41, 5.74) is 3.60. The molecule has 6 rings (SSSR count). The Morgan fingerprint density at radius 1 is 1.00 bits per heavy atom. The van der Waals surface area contributed by atoms with Crippen LogP contribution < -0.4 is 19.5 Å². The van der Waals surface area contributed by atoms with Crippen molar-refractivity contribution >= 4 is 16.8 Å². The van der Waals surface area contributed by atoms with Gasteiger partial charge >= 0.3 is 0 Å². The fraction of sp³-hybridized carbons (Fsp3) is 0.286. The molecule has 0 unspecified atom stereocenters. The smallest absolute Gasteiger partial charge is 0.270 e. The van der Waals surface area contributed by atoms with Crippen LogP contribution in [0, 0.1) is 18.3 Å². The van der Waals surface area contributed by atoms with Crippen molar-refractivity contribution < 1.29 is 24.1 Å². The van der Waals surface area contributed by atoms with Crippen molar-refractivity contribution in [1.29, 1.82) is 5.26 Å². The Hall–Kier alpha value is -6.43. The summed E-state index contributed by atoms with van der Waals surface area (Å²) in [6.07, 6.45) is 2.52. The Balaban J connectivity index is 1.46. The van der Waals surface area contributed by atoms with Crippen molar-refractivity contribution in [2.45, 2.75) is 39.4 Å². The first kappa shape index (κ1) is 33.5. The number of nitrogens with zero attached hydrogens (tertiary/aromatic N) is 9. The van der Waals surface area contributed by atoms with Gasteiger partial charge in [-0.2, -0.15) is 15.5 Å². The molecule has 0 atom stereocenters. The van der Waals surface area contributed by atoms with Crippen LogP contribution in [0.1, 0.15) is 40.2 Å². The minimum absolute atomic E-state index is 0.0431. The molecule has 0 saturated carbocycles. The molecule has 0 aliphatic rings. The van der Waals surface area contributed by atoms with Crippen LogP contribution in [0.4, 0.5) is 0 Å². The topological polar surface area (TPSA) is 180 Å². The van der Waals surface area contributed by atoms with E-state index >= 15 is 0 Å². The quantitative estimate of drug-likeness (QED) is 0.165. The number of nitrogens with one attached hydrogen (secondary N) is 1. The molecule has 0 radical (unpaired) electrons. The number of rotatable bonds is 13. The highest BCUT2D eigenvalue weighted by molar-refractivity contribution is 5.99. The van der Waals surface area contributed by atoms with E-state index in [1.54, 1.807) is 69.1 Å². The van der Waals surface area contributed by atoms with Crippen LogP contribution in [0.15, 0.2) is 54.7 Å². The third-order valence-electron chi connectivity index (χ3n) is 8.34. The molecular weight excluding hydrogens is 640 g/mol. The number of aromatic hydroxyl groups is 1. The second-order valence-electron chi connectivity index (χ2n) is 11.5. The number of unbranched alkanes of at least 4 members (excludes halogenated alkanes) is 1. The lowest BCUT2D eigenvalue weighted by Gasteiger charge is -2.14. The number of methoxy groups -OCH3 is 3. The number of ether oxygens (including phenoxy) is 3. The van der Waals surface area contributed by atoms with Crippen molar-refractivity contribution in [1.82, 2.24) is 44.6 Å². The summed E-state index contributed by atoms with van der Waals surface area (Å²) < 4.78 is 21.3. The monoisotopic (exact) mass is 676 g/mol. The molecular formula is C35H36N10O5. The van der Waals surface area contributed by atoms with Crippen LogP contribution in [0.2, 0.25) is 0 Å². The molecule has 0 saturated heterocycles. The zero-order chi connectivity index (χ0) is 35.4. The number of hydrogen-bond donors (Lipinski definition) is 2. The van der Waals surface area contributed by atoms with Gasteiger partial charge in [-0.15, -0.1) is 10.2 Å². The summed E-state index contributed by atoms with van der Waals surface area (Å²) in [5, 5.41) is 42.1. The van der Waals surface area contributed by atoms with E-state index in [0.717, 1.165) is 11.1 Å². The van der Waals surface area contributed by atoms with Crippen LogP contribution in [0.25, 0.3) is 33.9 Å². The number of carbonyl (C=O) groups is 1. The Kier molecular flexibility index (Phi) is 9.61. The molecule has 0 spiro atoms. The predicted octanol–water partition coefficient (Wildman–Crippen LogP) is 4.41. The maximum Gasteiger partial charge on any atom is 0.270 e. The summed E-state index contributed by atoms with van der Waals surface area (Å²) in [5.74, 6) is 2.14. The number of aromatic nitrogens is 8. The van der Waals surface area contributed by atoms with Crippen LogP contribution in [0.3, 0.4) is 0 Å². The first-order valence-electron chi connectivity index (χ1n) is 15.8. The lowest BCUT2D eigenvalue weighted by Crippen LogP contribution is -2.24. The van der Waals surface area contributed by atoms with Crippen LogP contribution >= 0.6 is 0 Å². The van der Waals surface area contributed by atoms with E-state index in [9.17, 15) is 9.90 Å². The molecule has 1 amide bonds. The van der Waals surface area contributed by atoms with Gasteiger partial charge in [0.15, 0.2) is 17.4 Å². The number of pyridine rings is 1. The average Bonchev–Trinajstić information content (AvgIpc) is 3.81. The lowest BCUT2D eigenvalue weighted by atomic mass is 10.1. The molecule has 2 N–H and O–H groups in total. The highest BCUT2D eigenvalue weighted by Gasteiger charge is 2.27. The van der Waals surface area contributed by atoms with E-state index in [0.29, 0.717) is 76.3 Å². The van der Waals surface area contributed by atoms with E-state index in [-0.39, 0.29) is 24.5 Å². The highest BCUT2D eigenvalue weighted by Crippen LogP contribution is 2.35. The average molecular weight is 677 g/mol. The maximum atomic E-state index is 13.7. The molecule has 50 heavy (non-hydrogen) atoms. The van der Waals surface area contributed by atoms with Crippen LogP contribution in [0.5, 0.6) is 23.0 Å². The highest BCUT2D eigenvalue weighted by atomic mass is 16.5. The van der Waals surface area contributed by atoms with Gasteiger partial charge in [-0.1, -0.05) is 12.1 Å². The molecule has 4 aromatic heterocycles. The third kappa shape index (κ3) is 6.50. The first-order chi connectivity index (χ1) is 24.3. The number of nitriles is 1. The standard InChI is InChI=1S/C35H36N10O5/c1-21-32(46)31(45(42-21)15-7-6-14-36)34-41-40-33(44(34)20-22-8-11-24(48-3)12-9-22)30-26-19-38-43(2)28(26)17-27(39-30)35(47)37-18-23-10-13-25(49-4)16-29(23)50-5/h8-13,16-17,19,46H,6-7,15,18,20H2,1-5H3,(H,37,47). The van der Waals surface area contributed by atoms with Gasteiger partial charge in [0.25, 0.3) is 5.91 Å². The maximum absolute atomic E-state index is 13.7. The SMILES string of the molecule is COc1ccc(Cn2c(-c3nc(C(=O)NCc4ccc(OC)cc4OC)cc4c3cnn4C)nnc2-c2c(O)c(C)nn2CCCC#N)cc1. The molecule has 6 aromatic rings. The summed E-state index contributed by atoms with van der Waals surface area (Å²) in [6, 6.07) is 16.8. The van der Waals surface area contributed by atoms with Gasteiger partial charge in [0.2, 0.25) is 0 Å². The zero-order valence-corrected chi connectivity index (χ0v) is 28.3. The molecule has 0 bridgehead atoms. The summed E-state index contributed by atoms with van der Waals surface area (Å²) in [4.78, 5) is 18.5. The fourth-order valence-corrected chi connectivity index (χ4v) is 5.67. The largest absolute Gasteiger partial charge is 0.504 e. The Labute approximate surface area is 287 Å². The van der Waals surface area contributed by atoms with E-state index in [1.807, 2.05) is 34.9 Å². The minimum atomic E-state index is -0.419. The second-order valence-corrected chi connectivity index (χ2v) is 11.5. The van der Waals surface area contributed by atoms with E-state index in [4.69, 9.17) is 24.5 Å². The summed E-state index contributed by atoms with van der Waals surface area (Å²) in [6.45, 7) is 2.54. The predicted molar refractivity (Wildman–Crippen MR) is 183 cm³/mol. The Morgan fingerprint density at radius 3 is 2.46 bits per heavy atom. The van der Waals surface area contributed by atoms with Gasteiger partial charge in [-0.3, -0.25) is 18.7 Å². The van der Waals surface area contributed by atoms with Gasteiger partial charge in [0.1, 0.15) is 40.0 Å². The van der Waals surface area contributed by atoms with Crippen molar-refractivity contribution in [2.75, 3.05) is 21.3 Å². The van der Waals surface area contributed by atoms with E-state index < -0.39 is 5.91 Å². The van der Waals surface area contributed by atoms with Gasteiger partial charge < -0.3 is 24.6 Å². The van der Waals surface area contributed by atoms with Gasteiger partial charge in [-0.25, -0.2) is 4.98 Å². The van der Waals surface area contributed by atoms with Crippen LogP contribution in [-0.4, -0.2) is 71.7 Å². The lowest BCUT2D eigenvalue weighted by molar-refractivity contribution is 0.0946. The molecule has 15 nitrogen and oxygen atoms in total. The summed E-state index contributed by atoms with van der Waals surface area (Å²) >= 11 is 0. The van der Waals surface area contributed by atoms with E-state index in [2.05, 4.69) is 31.8 Å². The number of carbonyl (C=O) groups excluding carboxylic acids is 1. The van der Waals surface area contributed by atoms with Crippen LogP contribution in [-0.2, 0) is 26.7 Å². The zero-order valence-electron chi connectivity index (χ0n) is 28.3. The van der Waals surface area contributed by atoms with Crippen molar-refractivity contribution in [2.24, 2.45) is 7.05 Å². The normalized spacial score (nSPS) is 11.0. The molecule has 0 aliphatic heterocycles. The molecule has 0 fully saturated rings. The van der Waals surface area contributed by atoms with Crippen molar-refractivity contribution in [3.63, 3.8) is 0 Å². The second kappa shape index (κ2) is 14.4. The van der Waals surface area contributed by atoms with Crippen molar-refractivity contribution in [3.05, 3.63) is 77.2 Å². The number of fused-ring (bicyclic) bond motifs is 1. The summed E-state index contributed by atoms with van der Waals surface area (Å²) in [7, 11) is 6.51. The molecule has 256 valence electrons. The number of benzene rings is 2. The minimum Gasteiger partial charge on any atom is -0.504 e. The number of hydrogen-bond acceptors (Lipinski definition) is 11. The Morgan fingerprint density at radius 2 is 1.74 bits per heavy atom. The van der Waals surface area contributed by atoms with Gasteiger partial charge in [0, 0.05) is 43.6 Å². The number of aryl methyl sites for hydroxylation is 3. The van der Waals surface area contributed by atoms with Gasteiger partial charge in [0.05, 0.1) is 45.7 Å². The molecule has 15 heteroatoms.